The lowest BCUT2D eigenvalue weighted by Gasteiger charge is -2.34. The third kappa shape index (κ3) is 3.60. The van der Waals surface area contributed by atoms with Crippen molar-refractivity contribution < 1.29 is 0 Å². The summed E-state index contributed by atoms with van der Waals surface area (Å²) in [5.74, 6) is 0.945. The van der Waals surface area contributed by atoms with E-state index < -0.39 is 0 Å². The van der Waals surface area contributed by atoms with Gasteiger partial charge < -0.3 is 15.1 Å². The third-order valence-electron chi connectivity index (χ3n) is 3.12. The van der Waals surface area contributed by atoms with Crippen LogP contribution in [0.4, 0.5) is 11.5 Å². The number of pyridine rings is 1. The van der Waals surface area contributed by atoms with Gasteiger partial charge in [0.05, 0.1) is 11.9 Å². The molecule has 18 heavy (non-hydrogen) atoms. The molecule has 4 heteroatoms. The summed E-state index contributed by atoms with van der Waals surface area (Å²) in [4.78, 5) is 9.25. The van der Waals surface area contributed by atoms with Crippen LogP contribution in [0.15, 0.2) is 18.3 Å². The van der Waals surface area contributed by atoms with Crippen molar-refractivity contribution in [1.82, 2.24) is 9.88 Å². The number of rotatable bonds is 2. The fourth-order valence-corrected chi connectivity index (χ4v) is 2.10. The molecule has 1 aliphatic rings. The number of anilines is 2. The Bertz CT molecular complexity index is 372. The van der Waals surface area contributed by atoms with Crippen molar-refractivity contribution in [1.29, 1.82) is 0 Å². The number of hydrogen-bond acceptors (Lipinski definition) is 4. The summed E-state index contributed by atoms with van der Waals surface area (Å²) in [6.07, 6.45) is 1.97. The summed E-state index contributed by atoms with van der Waals surface area (Å²) in [6.45, 7) is 10.9. The van der Waals surface area contributed by atoms with Crippen LogP contribution in [-0.2, 0) is 0 Å². The molecule has 2 rings (SSSR count). The van der Waals surface area contributed by atoms with Crippen molar-refractivity contribution in [3.05, 3.63) is 18.3 Å². The quantitative estimate of drug-likeness (QED) is 0.868. The van der Waals surface area contributed by atoms with Gasteiger partial charge in [-0.05, 0) is 40.0 Å². The van der Waals surface area contributed by atoms with Crippen LogP contribution in [-0.4, -0.2) is 48.6 Å². The minimum atomic E-state index is 0.0579. The second-order valence-corrected chi connectivity index (χ2v) is 6.07. The minimum absolute atomic E-state index is 0.0579. The average molecular weight is 248 g/mol. The van der Waals surface area contributed by atoms with E-state index in [0.717, 1.165) is 32.0 Å². The maximum Gasteiger partial charge on any atom is 0.126 e. The highest BCUT2D eigenvalue weighted by atomic mass is 15.2. The van der Waals surface area contributed by atoms with Crippen LogP contribution in [0.1, 0.15) is 20.8 Å². The molecule has 0 spiro atoms. The summed E-state index contributed by atoms with van der Waals surface area (Å²) in [7, 11) is 2.17. The first-order valence-corrected chi connectivity index (χ1v) is 6.62. The van der Waals surface area contributed by atoms with Gasteiger partial charge in [-0.1, -0.05) is 0 Å². The lowest BCUT2D eigenvalue weighted by atomic mass is 10.1. The molecule has 0 atom stereocenters. The Morgan fingerprint density at radius 2 is 1.78 bits per heavy atom. The van der Waals surface area contributed by atoms with Gasteiger partial charge in [0.1, 0.15) is 5.82 Å². The third-order valence-corrected chi connectivity index (χ3v) is 3.12. The molecule has 2 heterocycles. The van der Waals surface area contributed by atoms with E-state index in [1.807, 2.05) is 6.20 Å². The van der Waals surface area contributed by atoms with Crippen LogP contribution in [0.5, 0.6) is 0 Å². The van der Waals surface area contributed by atoms with Crippen LogP contribution in [0, 0.1) is 0 Å². The van der Waals surface area contributed by atoms with Crippen molar-refractivity contribution in [2.45, 2.75) is 26.3 Å². The van der Waals surface area contributed by atoms with Crippen LogP contribution >= 0.6 is 0 Å². The van der Waals surface area contributed by atoms with Gasteiger partial charge in [0.2, 0.25) is 0 Å². The maximum absolute atomic E-state index is 4.49. The van der Waals surface area contributed by atoms with Gasteiger partial charge in [0, 0.05) is 31.7 Å². The first-order chi connectivity index (χ1) is 8.44. The SMILES string of the molecule is CN1CCN(c2ccc(NC(C)(C)C)nc2)CC1. The second-order valence-electron chi connectivity index (χ2n) is 6.07. The molecule has 0 amide bonds. The zero-order valence-corrected chi connectivity index (χ0v) is 11.9. The van der Waals surface area contributed by atoms with Crippen LogP contribution in [0.25, 0.3) is 0 Å². The molecule has 4 nitrogen and oxygen atoms in total. The van der Waals surface area contributed by atoms with E-state index in [1.165, 1.54) is 5.69 Å². The smallest absolute Gasteiger partial charge is 0.126 e. The highest BCUT2D eigenvalue weighted by Gasteiger charge is 2.15. The Morgan fingerprint density at radius 3 is 2.28 bits per heavy atom. The Morgan fingerprint density at radius 1 is 1.11 bits per heavy atom. The number of nitrogens with one attached hydrogen (secondary N) is 1. The van der Waals surface area contributed by atoms with Gasteiger partial charge in [-0.25, -0.2) is 4.98 Å². The number of nitrogens with zero attached hydrogens (tertiary/aromatic N) is 3. The summed E-state index contributed by atoms with van der Waals surface area (Å²) < 4.78 is 0. The highest BCUT2D eigenvalue weighted by Crippen LogP contribution is 2.18. The first-order valence-electron chi connectivity index (χ1n) is 6.62. The van der Waals surface area contributed by atoms with Gasteiger partial charge in [-0.2, -0.15) is 0 Å². The highest BCUT2D eigenvalue weighted by molar-refractivity contribution is 5.50. The van der Waals surface area contributed by atoms with E-state index in [9.17, 15) is 0 Å². The molecule has 1 N–H and O–H groups in total. The number of likely N-dealkylation sites (N-methyl/N-ethyl adjacent to an activating group) is 1. The largest absolute Gasteiger partial charge is 0.368 e. The van der Waals surface area contributed by atoms with Crippen molar-refractivity contribution >= 4 is 11.5 Å². The standard InChI is InChI=1S/C14H24N4/c1-14(2,3)16-13-6-5-12(11-15-13)18-9-7-17(4)8-10-18/h5-6,11H,7-10H2,1-4H3,(H,15,16). The van der Waals surface area contributed by atoms with Crippen LogP contribution in [0.2, 0.25) is 0 Å². The van der Waals surface area contributed by atoms with E-state index >= 15 is 0 Å². The Balaban J connectivity index is 1.99. The molecule has 0 radical (unpaired) electrons. The van der Waals surface area contributed by atoms with Crippen molar-refractivity contribution in [2.75, 3.05) is 43.4 Å². The minimum Gasteiger partial charge on any atom is -0.368 e. The fraction of sp³-hybridized carbons (Fsp3) is 0.643. The maximum atomic E-state index is 4.49. The Kier molecular flexibility index (Phi) is 3.76. The Labute approximate surface area is 110 Å². The lowest BCUT2D eigenvalue weighted by Crippen LogP contribution is -2.44. The molecule has 1 aliphatic heterocycles. The van der Waals surface area contributed by atoms with Gasteiger partial charge in [0.15, 0.2) is 0 Å². The van der Waals surface area contributed by atoms with E-state index in [1.54, 1.807) is 0 Å². The Hall–Kier alpha value is -1.29. The summed E-state index contributed by atoms with van der Waals surface area (Å²) >= 11 is 0. The van der Waals surface area contributed by atoms with Crippen LogP contribution in [0.3, 0.4) is 0 Å². The summed E-state index contributed by atoms with van der Waals surface area (Å²) in [6, 6.07) is 4.23. The monoisotopic (exact) mass is 248 g/mol. The van der Waals surface area contributed by atoms with Gasteiger partial charge in [-0.3, -0.25) is 0 Å². The normalized spacial score (nSPS) is 17.9. The average Bonchev–Trinajstić information content (AvgIpc) is 2.29. The molecule has 0 saturated carbocycles. The molecule has 100 valence electrons. The van der Waals surface area contributed by atoms with Crippen molar-refractivity contribution in [3.63, 3.8) is 0 Å². The molecule has 0 unspecified atom stereocenters. The zero-order valence-electron chi connectivity index (χ0n) is 11.9. The molecule has 1 fully saturated rings. The van der Waals surface area contributed by atoms with Crippen molar-refractivity contribution in [2.24, 2.45) is 0 Å². The van der Waals surface area contributed by atoms with Crippen molar-refractivity contribution in [3.8, 4) is 0 Å². The number of aromatic nitrogens is 1. The number of hydrogen-bond donors (Lipinski definition) is 1. The number of piperazine rings is 1. The molecule has 1 saturated heterocycles. The zero-order chi connectivity index (χ0) is 13.2. The topological polar surface area (TPSA) is 31.4 Å². The molecular weight excluding hydrogens is 224 g/mol. The molecule has 0 aromatic carbocycles. The predicted octanol–water partition coefficient (Wildman–Crippen LogP) is 2.04. The van der Waals surface area contributed by atoms with E-state index in [4.69, 9.17) is 0 Å². The predicted molar refractivity (Wildman–Crippen MR) is 77.3 cm³/mol. The second kappa shape index (κ2) is 5.14. The van der Waals surface area contributed by atoms with Gasteiger partial charge in [-0.15, -0.1) is 0 Å². The summed E-state index contributed by atoms with van der Waals surface area (Å²) in [5, 5.41) is 3.38. The first kappa shape index (κ1) is 13.1. The fourth-order valence-electron chi connectivity index (χ4n) is 2.10. The molecule has 0 bridgehead atoms. The molecule has 1 aromatic heterocycles. The lowest BCUT2D eigenvalue weighted by molar-refractivity contribution is 0.313. The molecular formula is C14H24N4. The van der Waals surface area contributed by atoms with E-state index in [0.29, 0.717) is 0 Å². The summed E-state index contributed by atoms with van der Waals surface area (Å²) in [5.41, 5.74) is 1.28. The van der Waals surface area contributed by atoms with Crippen LogP contribution < -0.4 is 10.2 Å². The molecule has 0 aliphatic carbocycles. The van der Waals surface area contributed by atoms with Gasteiger partial charge >= 0.3 is 0 Å². The molecule has 1 aromatic rings. The van der Waals surface area contributed by atoms with Gasteiger partial charge in [0.25, 0.3) is 0 Å². The van der Waals surface area contributed by atoms with E-state index in [2.05, 4.69) is 60.1 Å². The van der Waals surface area contributed by atoms with E-state index in [-0.39, 0.29) is 5.54 Å².